The number of hydrogen-bond acceptors (Lipinski definition) is 2. The molecule has 0 fully saturated rings. The van der Waals surface area contributed by atoms with Gasteiger partial charge in [0.1, 0.15) is 11.6 Å². The molecule has 13 heavy (non-hydrogen) atoms. The molecule has 0 heterocycles. The maximum Gasteiger partial charge on any atom is 0.128 e. The van der Waals surface area contributed by atoms with Crippen LogP contribution in [0.4, 0.5) is 8.78 Å². The third kappa shape index (κ3) is 2.02. The SMILES string of the molecule is CC(N)(CN)c1cc(F)ccc1F. The molecule has 72 valence electrons. The Morgan fingerprint density at radius 3 is 2.54 bits per heavy atom. The van der Waals surface area contributed by atoms with Gasteiger partial charge in [-0.25, -0.2) is 8.78 Å². The van der Waals surface area contributed by atoms with Gasteiger partial charge >= 0.3 is 0 Å². The Morgan fingerprint density at radius 1 is 1.38 bits per heavy atom. The molecule has 0 aromatic heterocycles. The van der Waals surface area contributed by atoms with Crippen LogP contribution in [-0.2, 0) is 5.54 Å². The molecule has 0 aliphatic heterocycles. The number of hydrogen-bond donors (Lipinski definition) is 2. The van der Waals surface area contributed by atoms with Crippen molar-refractivity contribution in [3.63, 3.8) is 0 Å². The predicted octanol–water partition coefficient (Wildman–Crippen LogP) is 1.10. The summed E-state index contributed by atoms with van der Waals surface area (Å²) in [5, 5.41) is 0. The summed E-state index contributed by atoms with van der Waals surface area (Å²) in [6, 6.07) is 3.17. The lowest BCUT2D eigenvalue weighted by Crippen LogP contribution is -2.41. The zero-order valence-electron chi connectivity index (χ0n) is 7.35. The molecule has 2 nitrogen and oxygen atoms in total. The Kier molecular flexibility index (Phi) is 2.63. The molecule has 0 radical (unpaired) electrons. The Hall–Kier alpha value is -1.00. The normalized spacial score (nSPS) is 15.5. The zero-order chi connectivity index (χ0) is 10.1. The second-order valence-corrected chi connectivity index (χ2v) is 3.25. The summed E-state index contributed by atoms with van der Waals surface area (Å²) < 4.78 is 25.9. The largest absolute Gasteiger partial charge is 0.328 e. The number of benzene rings is 1. The maximum atomic E-state index is 13.2. The molecule has 4 heteroatoms. The van der Waals surface area contributed by atoms with Crippen LogP contribution in [0.15, 0.2) is 18.2 Å². The summed E-state index contributed by atoms with van der Waals surface area (Å²) in [5.41, 5.74) is 10.1. The second-order valence-electron chi connectivity index (χ2n) is 3.25. The molecule has 0 aliphatic rings. The minimum Gasteiger partial charge on any atom is -0.328 e. The van der Waals surface area contributed by atoms with Crippen LogP contribution in [0, 0.1) is 11.6 Å². The van der Waals surface area contributed by atoms with E-state index in [2.05, 4.69) is 0 Å². The van der Waals surface area contributed by atoms with Gasteiger partial charge in [-0.15, -0.1) is 0 Å². The van der Waals surface area contributed by atoms with Crippen LogP contribution < -0.4 is 11.5 Å². The van der Waals surface area contributed by atoms with E-state index in [-0.39, 0.29) is 12.1 Å². The average molecular weight is 186 g/mol. The molecular weight excluding hydrogens is 174 g/mol. The van der Waals surface area contributed by atoms with E-state index in [4.69, 9.17) is 11.5 Å². The van der Waals surface area contributed by atoms with Crippen molar-refractivity contribution in [1.82, 2.24) is 0 Å². The van der Waals surface area contributed by atoms with Gasteiger partial charge in [-0.2, -0.15) is 0 Å². The predicted molar refractivity (Wildman–Crippen MR) is 47.0 cm³/mol. The van der Waals surface area contributed by atoms with E-state index in [0.717, 1.165) is 18.2 Å². The molecule has 1 atom stereocenters. The molecule has 1 unspecified atom stereocenters. The first-order valence-electron chi connectivity index (χ1n) is 3.92. The molecule has 0 bridgehead atoms. The minimum atomic E-state index is -1.02. The van der Waals surface area contributed by atoms with E-state index in [9.17, 15) is 8.78 Å². The Balaban J connectivity index is 3.20. The third-order valence-electron chi connectivity index (χ3n) is 1.97. The van der Waals surface area contributed by atoms with Crippen molar-refractivity contribution in [3.05, 3.63) is 35.4 Å². The van der Waals surface area contributed by atoms with Crippen LogP contribution in [0.25, 0.3) is 0 Å². The monoisotopic (exact) mass is 186 g/mol. The highest BCUT2D eigenvalue weighted by molar-refractivity contribution is 5.26. The molecule has 0 amide bonds. The van der Waals surface area contributed by atoms with Crippen LogP contribution in [0.3, 0.4) is 0 Å². The summed E-state index contributed by atoms with van der Waals surface area (Å²) >= 11 is 0. The van der Waals surface area contributed by atoms with Gasteiger partial charge in [-0.1, -0.05) is 0 Å². The summed E-state index contributed by atoms with van der Waals surface area (Å²) in [7, 11) is 0. The number of halogens is 2. The lowest BCUT2D eigenvalue weighted by atomic mass is 9.93. The molecule has 1 aromatic rings. The van der Waals surface area contributed by atoms with Gasteiger partial charge in [0.2, 0.25) is 0 Å². The molecule has 0 aliphatic carbocycles. The van der Waals surface area contributed by atoms with E-state index >= 15 is 0 Å². The van der Waals surface area contributed by atoms with Gasteiger partial charge in [0.15, 0.2) is 0 Å². The summed E-state index contributed by atoms with van der Waals surface area (Å²) in [5.74, 6) is -1.04. The summed E-state index contributed by atoms with van der Waals surface area (Å²) in [6.45, 7) is 1.62. The van der Waals surface area contributed by atoms with Crippen molar-refractivity contribution in [2.75, 3.05) is 6.54 Å². The van der Waals surface area contributed by atoms with Crippen molar-refractivity contribution in [3.8, 4) is 0 Å². The van der Waals surface area contributed by atoms with Crippen LogP contribution in [0.1, 0.15) is 12.5 Å². The zero-order valence-corrected chi connectivity index (χ0v) is 7.35. The molecule has 1 rings (SSSR count). The topological polar surface area (TPSA) is 52.0 Å². The Morgan fingerprint density at radius 2 is 2.00 bits per heavy atom. The lowest BCUT2D eigenvalue weighted by molar-refractivity contribution is 0.464. The van der Waals surface area contributed by atoms with Gasteiger partial charge in [0.25, 0.3) is 0 Å². The Labute approximate surface area is 75.5 Å². The molecule has 0 saturated heterocycles. The highest BCUT2D eigenvalue weighted by atomic mass is 19.1. The first-order valence-corrected chi connectivity index (χ1v) is 3.92. The fraction of sp³-hybridized carbons (Fsp3) is 0.333. The van der Waals surface area contributed by atoms with Crippen LogP contribution >= 0.6 is 0 Å². The number of nitrogens with two attached hydrogens (primary N) is 2. The smallest absolute Gasteiger partial charge is 0.128 e. The average Bonchev–Trinajstić information content (AvgIpc) is 2.09. The van der Waals surface area contributed by atoms with Crippen molar-refractivity contribution in [2.24, 2.45) is 11.5 Å². The molecule has 0 saturated carbocycles. The van der Waals surface area contributed by atoms with E-state index in [1.807, 2.05) is 0 Å². The molecule has 1 aromatic carbocycles. The van der Waals surface area contributed by atoms with Crippen LogP contribution in [0.5, 0.6) is 0 Å². The minimum absolute atomic E-state index is 0.0629. The summed E-state index contributed by atoms with van der Waals surface area (Å²) in [6.07, 6.45) is 0. The van der Waals surface area contributed by atoms with Crippen molar-refractivity contribution < 1.29 is 8.78 Å². The van der Waals surface area contributed by atoms with Crippen LogP contribution in [-0.4, -0.2) is 6.54 Å². The van der Waals surface area contributed by atoms with Crippen molar-refractivity contribution in [2.45, 2.75) is 12.5 Å². The van der Waals surface area contributed by atoms with Gasteiger partial charge in [0.05, 0.1) is 5.54 Å². The first kappa shape index (κ1) is 10.1. The lowest BCUT2D eigenvalue weighted by Gasteiger charge is -2.23. The van der Waals surface area contributed by atoms with E-state index in [1.54, 1.807) is 6.92 Å². The highest BCUT2D eigenvalue weighted by Crippen LogP contribution is 2.20. The van der Waals surface area contributed by atoms with Gasteiger partial charge in [0, 0.05) is 12.1 Å². The fourth-order valence-corrected chi connectivity index (χ4v) is 1.05. The van der Waals surface area contributed by atoms with E-state index in [0.29, 0.717) is 0 Å². The molecule has 4 N–H and O–H groups in total. The quantitative estimate of drug-likeness (QED) is 0.726. The molecular formula is C9H12F2N2. The summed E-state index contributed by atoms with van der Waals surface area (Å²) in [4.78, 5) is 0. The van der Waals surface area contributed by atoms with Gasteiger partial charge in [-0.3, -0.25) is 0 Å². The van der Waals surface area contributed by atoms with Gasteiger partial charge < -0.3 is 11.5 Å². The Bertz CT molecular complexity index is 310. The highest BCUT2D eigenvalue weighted by Gasteiger charge is 2.23. The second kappa shape index (κ2) is 3.40. The number of rotatable bonds is 2. The van der Waals surface area contributed by atoms with Crippen molar-refractivity contribution >= 4 is 0 Å². The maximum absolute atomic E-state index is 13.2. The van der Waals surface area contributed by atoms with E-state index in [1.165, 1.54) is 0 Å². The first-order chi connectivity index (χ1) is 5.97. The van der Waals surface area contributed by atoms with E-state index < -0.39 is 17.2 Å². The third-order valence-corrected chi connectivity index (χ3v) is 1.97. The fourth-order valence-electron chi connectivity index (χ4n) is 1.05. The van der Waals surface area contributed by atoms with Crippen LogP contribution in [0.2, 0.25) is 0 Å². The van der Waals surface area contributed by atoms with Gasteiger partial charge in [-0.05, 0) is 25.1 Å². The standard InChI is InChI=1S/C9H12F2N2/c1-9(13,5-12)7-4-6(10)2-3-8(7)11/h2-4H,5,12-13H2,1H3. The van der Waals surface area contributed by atoms with Crippen molar-refractivity contribution in [1.29, 1.82) is 0 Å². The molecule has 0 spiro atoms.